The Labute approximate surface area is 329 Å². The predicted molar refractivity (Wildman–Crippen MR) is 240 cm³/mol. The SMILES string of the molecule is c1ccc(-c2ccc3c4c5c6ccccc6n(-c6ccccc6-c6cccc7c8ccccc8n(-c8ccccc8)c67)c5ccc4n(-c4ccccc4)c3c2)cc1. The standard InChI is InChI=1S/C54H35N3/c1-4-17-36(18-5-1)37-31-32-45-51(35-37)55(38-19-6-2-7-20-38)49-33-34-50-52(53(45)49)44-25-12-15-30-48(44)57(50)47-29-14-11-24-41(47)43-27-16-26-42-40-23-10-13-28-46(40)56(54(42)43)39-21-8-3-9-22-39/h1-35H. The third kappa shape index (κ3) is 4.66. The summed E-state index contributed by atoms with van der Waals surface area (Å²) in [6.45, 7) is 0. The molecule has 0 unspecified atom stereocenters. The molecule has 0 amide bonds. The Balaban J connectivity index is 1.18. The van der Waals surface area contributed by atoms with Crippen LogP contribution in [-0.2, 0) is 0 Å². The molecule has 0 saturated heterocycles. The highest BCUT2D eigenvalue weighted by atomic mass is 15.0. The van der Waals surface area contributed by atoms with Crippen molar-refractivity contribution in [2.45, 2.75) is 0 Å². The van der Waals surface area contributed by atoms with E-state index in [0.717, 1.165) is 17.1 Å². The Morgan fingerprint density at radius 3 is 1.53 bits per heavy atom. The molecule has 57 heavy (non-hydrogen) atoms. The summed E-state index contributed by atoms with van der Waals surface area (Å²) in [6.07, 6.45) is 0. The lowest BCUT2D eigenvalue weighted by atomic mass is 9.99. The molecule has 12 rings (SSSR count). The lowest BCUT2D eigenvalue weighted by Gasteiger charge is -2.17. The van der Waals surface area contributed by atoms with Crippen molar-refractivity contribution in [3.63, 3.8) is 0 Å². The first-order chi connectivity index (χ1) is 28.3. The number of fused-ring (bicyclic) bond motifs is 10. The summed E-state index contributed by atoms with van der Waals surface area (Å²) >= 11 is 0. The monoisotopic (exact) mass is 725 g/mol. The second kappa shape index (κ2) is 12.5. The van der Waals surface area contributed by atoms with Crippen molar-refractivity contribution in [3.05, 3.63) is 212 Å². The maximum atomic E-state index is 2.50. The Kier molecular flexibility index (Phi) is 6.93. The van der Waals surface area contributed by atoms with Gasteiger partial charge in [0.1, 0.15) is 0 Å². The molecule has 0 fully saturated rings. The van der Waals surface area contributed by atoms with Crippen LogP contribution in [0.25, 0.3) is 105 Å². The number of nitrogens with zero attached hydrogens (tertiary/aromatic N) is 3. The third-order valence-corrected chi connectivity index (χ3v) is 11.8. The molecule has 12 aromatic rings. The van der Waals surface area contributed by atoms with E-state index in [1.165, 1.54) is 87.7 Å². The molecule has 0 radical (unpaired) electrons. The van der Waals surface area contributed by atoms with Crippen LogP contribution in [0.1, 0.15) is 0 Å². The van der Waals surface area contributed by atoms with E-state index in [4.69, 9.17) is 0 Å². The van der Waals surface area contributed by atoms with Crippen molar-refractivity contribution in [2.75, 3.05) is 0 Å². The van der Waals surface area contributed by atoms with Crippen LogP contribution in [0.3, 0.4) is 0 Å². The predicted octanol–water partition coefficient (Wildman–Crippen LogP) is 14.3. The average molecular weight is 726 g/mol. The highest BCUT2D eigenvalue weighted by molar-refractivity contribution is 6.29. The molecule has 0 aliphatic heterocycles. The molecule has 0 atom stereocenters. The van der Waals surface area contributed by atoms with Crippen molar-refractivity contribution >= 4 is 65.4 Å². The Bertz CT molecular complexity index is 3500. The van der Waals surface area contributed by atoms with Gasteiger partial charge in [-0.25, -0.2) is 0 Å². The number of hydrogen-bond acceptors (Lipinski definition) is 0. The van der Waals surface area contributed by atoms with Gasteiger partial charge in [0.05, 0.1) is 38.8 Å². The van der Waals surface area contributed by atoms with Crippen LogP contribution in [0.4, 0.5) is 0 Å². The first kappa shape index (κ1) is 31.7. The van der Waals surface area contributed by atoms with Crippen LogP contribution in [0.2, 0.25) is 0 Å². The fourth-order valence-electron chi connectivity index (χ4n) is 9.47. The molecule has 3 nitrogen and oxygen atoms in total. The summed E-state index contributed by atoms with van der Waals surface area (Å²) in [5.74, 6) is 0. The third-order valence-electron chi connectivity index (χ3n) is 11.8. The fourth-order valence-corrected chi connectivity index (χ4v) is 9.47. The van der Waals surface area contributed by atoms with Gasteiger partial charge < -0.3 is 13.7 Å². The lowest BCUT2D eigenvalue weighted by Crippen LogP contribution is -1.99. The number of para-hydroxylation sites is 6. The van der Waals surface area contributed by atoms with E-state index < -0.39 is 0 Å². The second-order valence-electron chi connectivity index (χ2n) is 14.9. The second-order valence-corrected chi connectivity index (χ2v) is 14.9. The number of rotatable bonds is 5. The summed E-state index contributed by atoms with van der Waals surface area (Å²) in [5.41, 5.74) is 15.4. The molecular formula is C54H35N3. The Hall–Kier alpha value is -7.62. The lowest BCUT2D eigenvalue weighted by molar-refractivity contribution is 1.17. The van der Waals surface area contributed by atoms with Crippen molar-refractivity contribution in [2.24, 2.45) is 0 Å². The largest absolute Gasteiger partial charge is 0.309 e. The number of aromatic nitrogens is 3. The van der Waals surface area contributed by atoms with Crippen LogP contribution in [-0.4, -0.2) is 13.7 Å². The van der Waals surface area contributed by atoms with E-state index in [0.29, 0.717) is 0 Å². The number of hydrogen-bond donors (Lipinski definition) is 0. The van der Waals surface area contributed by atoms with E-state index in [2.05, 4.69) is 226 Å². The van der Waals surface area contributed by atoms with Gasteiger partial charge in [-0.1, -0.05) is 152 Å². The van der Waals surface area contributed by atoms with Crippen molar-refractivity contribution in [3.8, 4) is 39.3 Å². The molecular weight excluding hydrogens is 691 g/mol. The zero-order valence-corrected chi connectivity index (χ0v) is 31.0. The fraction of sp³-hybridized carbons (Fsp3) is 0. The molecule has 0 saturated carbocycles. The van der Waals surface area contributed by atoms with Crippen molar-refractivity contribution in [1.29, 1.82) is 0 Å². The summed E-state index contributed by atoms with van der Waals surface area (Å²) in [6, 6.07) is 77.3. The summed E-state index contributed by atoms with van der Waals surface area (Å²) < 4.78 is 7.38. The van der Waals surface area contributed by atoms with Gasteiger partial charge in [0, 0.05) is 54.8 Å². The van der Waals surface area contributed by atoms with Gasteiger partial charge in [0.2, 0.25) is 0 Å². The molecule has 9 aromatic carbocycles. The zero-order valence-electron chi connectivity index (χ0n) is 31.0. The smallest absolute Gasteiger partial charge is 0.0620 e. The van der Waals surface area contributed by atoms with E-state index in [9.17, 15) is 0 Å². The molecule has 3 heterocycles. The minimum Gasteiger partial charge on any atom is -0.309 e. The van der Waals surface area contributed by atoms with Crippen molar-refractivity contribution < 1.29 is 0 Å². The van der Waals surface area contributed by atoms with Gasteiger partial charge in [-0.15, -0.1) is 0 Å². The van der Waals surface area contributed by atoms with Crippen molar-refractivity contribution in [1.82, 2.24) is 13.7 Å². The van der Waals surface area contributed by atoms with E-state index >= 15 is 0 Å². The maximum Gasteiger partial charge on any atom is 0.0620 e. The van der Waals surface area contributed by atoms with Gasteiger partial charge in [0.25, 0.3) is 0 Å². The summed E-state index contributed by atoms with van der Waals surface area (Å²) in [7, 11) is 0. The van der Waals surface area contributed by atoms with E-state index in [-0.39, 0.29) is 0 Å². The van der Waals surface area contributed by atoms with Gasteiger partial charge >= 0.3 is 0 Å². The van der Waals surface area contributed by atoms with Gasteiger partial charge in [0.15, 0.2) is 0 Å². The molecule has 0 aliphatic rings. The highest BCUT2D eigenvalue weighted by Crippen LogP contribution is 2.45. The van der Waals surface area contributed by atoms with Gasteiger partial charge in [-0.2, -0.15) is 0 Å². The summed E-state index contributed by atoms with van der Waals surface area (Å²) in [4.78, 5) is 0. The first-order valence-electron chi connectivity index (χ1n) is 19.6. The molecule has 0 aliphatic carbocycles. The van der Waals surface area contributed by atoms with Crippen LogP contribution in [0, 0.1) is 0 Å². The Morgan fingerprint density at radius 1 is 0.263 bits per heavy atom. The number of benzene rings is 9. The minimum atomic E-state index is 1.15. The average Bonchev–Trinajstić information content (AvgIpc) is 3.93. The Morgan fingerprint density at radius 2 is 0.789 bits per heavy atom. The van der Waals surface area contributed by atoms with E-state index in [1.54, 1.807) is 0 Å². The van der Waals surface area contributed by atoms with Gasteiger partial charge in [-0.3, -0.25) is 0 Å². The van der Waals surface area contributed by atoms with E-state index in [1.807, 2.05) is 0 Å². The zero-order chi connectivity index (χ0) is 37.5. The minimum absolute atomic E-state index is 1.15. The van der Waals surface area contributed by atoms with Crippen LogP contribution in [0.15, 0.2) is 212 Å². The quantitative estimate of drug-likeness (QED) is 0.168. The molecule has 0 spiro atoms. The maximum absolute atomic E-state index is 2.50. The van der Waals surface area contributed by atoms with Crippen LogP contribution >= 0.6 is 0 Å². The molecule has 266 valence electrons. The molecule has 3 heteroatoms. The normalized spacial score (nSPS) is 11.9. The molecule has 0 bridgehead atoms. The van der Waals surface area contributed by atoms with Crippen LogP contribution < -0.4 is 0 Å². The molecule has 0 N–H and O–H groups in total. The highest BCUT2D eigenvalue weighted by Gasteiger charge is 2.23. The first-order valence-corrected chi connectivity index (χ1v) is 19.6. The topological polar surface area (TPSA) is 14.8 Å². The molecule has 3 aromatic heterocycles. The summed E-state index contributed by atoms with van der Waals surface area (Å²) in [5, 5.41) is 7.51. The van der Waals surface area contributed by atoms with Gasteiger partial charge in [-0.05, 0) is 71.8 Å². The van der Waals surface area contributed by atoms with Crippen LogP contribution in [0.5, 0.6) is 0 Å².